The normalized spacial score (nSPS) is 15.0. The van der Waals surface area contributed by atoms with E-state index in [2.05, 4.69) is 63.6 Å². The number of nitrogens with zero attached hydrogens (tertiary/aromatic N) is 2. The minimum atomic E-state index is 0.142. The molecule has 2 aromatic rings. The predicted octanol–water partition coefficient (Wildman–Crippen LogP) is 3.11. The van der Waals surface area contributed by atoms with E-state index in [4.69, 9.17) is 0 Å². The first kappa shape index (κ1) is 18.8. The van der Waals surface area contributed by atoms with Gasteiger partial charge in [-0.2, -0.15) is 0 Å². The van der Waals surface area contributed by atoms with Gasteiger partial charge in [-0.3, -0.25) is 9.69 Å². The Bertz CT molecular complexity index is 657. The molecule has 1 aliphatic rings. The molecule has 1 fully saturated rings. The van der Waals surface area contributed by atoms with Gasteiger partial charge in [0.2, 0.25) is 5.91 Å². The molecule has 1 aliphatic heterocycles. The third kappa shape index (κ3) is 6.07. The van der Waals surface area contributed by atoms with Crippen molar-refractivity contribution in [2.45, 2.75) is 11.3 Å². The summed E-state index contributed by atoms with van der Waals surface area (Å²) in [6, 6.07) is 20.9. The first-order chi connectivity index (χ1) is 12.8. The third-order valence-corrected chi connectivity index (χ3v) is 5.61. The van der Waals surface area contributed by atoms with Crippen molar-refractivity contribution >= 4 is 23.4 Å². The minimum Gasteiger partial charge on any atom is -0.369 e. The van der Waals surface area contributed by atoms with Gasteiger partial charge in [-0.15, -0.1) is 11.8 Å². The minimum absolute atomic E-state index is 0.142. The number of piperazine rings is 1. The quantitative estimate of drug-likeness (QED) is 0.573. The number of hydrogen-bond acceptors (Lipinski definition) is 4. The van der Waals surface area contributed by atoms with E-state index in [1.165, 1.54) is 10.6 Å². The first-order valence-electron chi connectivity index (χ1n) is 9.28. The SMILES string of the molecule is O=C(CN1CCN(c2ccccc2)CC1)NCCCSc1ccccc1. The van der Waals surface area contributed by atoms with Crippen molar-refractivity contribution in [2.24, 2.45) is 0 Å². The number of anilines is 1. The summed E-state index contributed by atoms with van der Waals surface area (Å²) in [5, 5.41) is 3.05. The Hall–Kier alpha value is -1.98. The van der Waals surface area contributed by atoms with Crippen LogP contribution in [0.5, 0.6) is 0 Å². The number of hydrogen-bond donors (Lipinski definition) is 1. The number of rotatable bonds is 8. The van der Waals surface area contributed by atoms with Gasteiger partial charge in [0.05, 0.1) is 6.54 Å². The molecule has 138 valence electrons. The fourth-order valence-electron chi connectivity index (χ4n) is 3.07. The van der Waals surface area contributed by atoms with E-state index in [1.807, 2.05) is 23.9 Å². The summed E-state index contributed by atoms with van der Waals surface area (Å²) in [5.41, 5.74) is 1.27. The molecule has 1 amide bonds. The summed E-state index contributed by atoms with van der Waals surface area (Å²) in [7, 11) is 0. The van der Waals surface area contributed by atoms with Crippen molar-refractivity contribution in [3.05, 3.63) is 60.7 Å². The Morgan fingerprint density at radius 2 is 1.58 bits per heavy atom. The topological polar surface area (TPSA) is 35.6 Å². The highest BCUT2D eigenvalue weighted by molar-refractivity contribution is 7.99. The summed E-state index contributed by atoms with van der Waals surface area (Å²) < 4.78 is 0. The lowest BCUT2D eigenvalue weighted by Crippen LogP contribution is -2.49. The molecule has 0 bridgehead atoms. The van der Waals surface area contributed by atoms with E-state index in [0.717, 1.165) is 44.9 Å². The average Bonchev–Trinajstić information content (AvgIpc) is 2.70. The van der Waals surface area contributed by atoms with Crippen LogP contribution in [0.4, 0.5) is 5.69 Å². The molecule has 4 nitrogen and oxygen atoms in total. The second kappa shape index (κ2) is 10.2. The molecule has 0 saturated carbocycles. The van der Waals surface area contributed by atoms with Crippen molar-refractivity contribution < 1.29 is 4.79 Å². The smallest absolute Gasteiger partial charge is 0.234 e. The number of amides is 1. The van der Waals surface area contributed by atoms with Gasteiger partial charge in [-0.05, 0) is 36.4 Å². The lowest BCUT2D eigenvalue weighted by Gasteiger charge is -2.35. The predicted molar refractivity (Wildman–Crippen MR) is 110 cm³/mol. The van der Waals surface area contributed by atoms with Gasteiger partial charge in [0, 0.05) is 43.3 Å². The highest BCUT2D eigenvalue weighted by Crippen LogP contribution is 2.17. The molecule has 0 aliphatic carbocycles. The Balaban J connectivity index is 1.27. The summed E-state index contributed by atoms with van der Waals surface area (Å²) >= 11 is 1.84. The van der Waals surface area contributed by atoms with Crippen molar-refractivity contribution in [1.82, 2.24) is 10.2 Å². The third-order valence-electron chi connectivity index (χ3n) is 4.52. The molecule has 0 spiro atoms. The summed E-state index contributed by atoms with van der Waals surface area (Å²) in [4.78, 5) is 18.0. The maximum Gasteiger partial charge on any atom is 0.234 e. The number of para-hydroxylation sites is 1. The Morgan fingerprint density at radius 3 is 2.27 bits per heavy atom. The van der Waals surface area contributed by atoms with E-state index < -0.39 is 0 Å². The molecule has 0 aromatic heterocycles. The maximum absolute atomic E-state index is 12.1. The van der Waals surface area contributed by atoms with E-state index in [0.29, 0.717) is 6.54 Å². The molecule has 1 saturated heterocycles. The number of benzene rings is 2. The molecule has 3 rings (SSSR count). The van der Waals surface area contributed by atoms with E-state index in [-0.39, 0.29) is 5.91 Å². The maximum atomic E-state index is 12.1. The van der Waals surface area contributed by atoms with Crippen LogP contribution in [0.25, 0.3) is 0 Å². The summed E-state index contributed by atoms with van der Waals surface area (Å²) in [6.07, 6.45) is 0.993. The van der Waals surface area contributed by atoms with Gasteiger partial charge >= 0.3 is 0 Å². The second-order valence-electron chi connectivity index (χ2n) is 6.46. The Morgan fingerprint density at radius 1 is 0.923 bits per heavy atom. The molecule has 26 heavy (non-hydrogen) atoms. The molecule has 0 unspecified atom stereocenters. The van der Waals surface area contributed by atoms with Crippen LogP contribution in [0, 0.1) is 0 Å². The van der Waals surface area contributed by atoms with E-state index in [9.17, 15) is 4.79 Å². The van der Waals surface area contributed by atoms with Crippen LogP contribution in [0.2, 0.25) is 0 Å². The first-order valence-corrected chi connectivity index (χ1v) is 10.3. The standard InChI is InChI=1S/C21H27N3OS/c25-21(22-12-7-17-26-20-10-5-2-6-11-20)18-23-13-15-24(16-14-23)19-8-3-1-4-9-19/h1-6,8-11H,7,12-18H2,(H,22,25). The largest absolute Gasteiger partial charge is 0.369 e. The van der Waals surface area contributed by atoms with Gasteiger partial charge in [-0.1, -0.05) is 36.4 Å². The molecule has 1 N–H and O–H groups in total. The van der Waals surface area contributed by atoms with Crippen LogP contribution in [-0.4, -0.2) is 55.8 Å². The van der Waals surface area contributed by atoms with Crippen LogP contribution < -0.4 is 10.2 Å². The Labute approximate surface area is 160 Å². The van der Waals surface area contributed by atoms with Gasteiger partial charge in [0.15, 0.2) is 0 Å². The molecular weight excluding hydrogens is 342 g/mol. The number of nitrogens with one attached hydrogen (secondary N) is 1. The number of thioether (sulfide) groups is 1. The van der Waals surface area contributed by atoms with Gasteiger partial charge in [-0.25, -0.2) is 0 Å². The van der Waals surface area contributed by atoms with Gasteiger partial charge < -0.3 is 10.2 Å². The zero-order valence-corrected chi connectivity index (χ0v) is 16.0. The summed E-state index contributed by atoms with van der Waals surface area (Å²) in [6.45, 7) is 5.09. The number of carbonyl (C=O) groups is 1. The highest BCUT2D eigenvalue weighted by Gasteiger charge is 2.18. The van der Waals surface area contributed by atoms with Crippen LogP contribution >= 0.6 is 11.8 Å². The van der Waals surface area contributed by atoms with Crippen LogP contribution in [0.1, 0.15) is 6.42 Å². The lowest BCUT2D eigenvalue weighted by molar-refractivity contribution is -0.122. The lowest BCUT2D eigenvalue weighted by atomic mass is 10.2. The fraction of sp³-hybridized carbons (Fsp3) is 0.381. The molecule has 5 heteroatoms. The van der Waals surface area contributed by atoms with Crippen molar-refractivity contribution in [3.63, 3.8) is 0 Å². The molecule has 0 atom stereocenters. The average molecular weight is 370 g/mol. The van der Waals surface area contributed by atoms with Crippen LogP contribution in [0.3, 0.4) is 0 Å². The fourth-order valence-corrected chi connectivity index (χ4v) is 3.94. The molecule has 0 radical (unpaired) electrons. The number of carbonyl (C=O) groups excluding carboxylic acids is 1. The van der Waals surface area contributed by atoms with Gasteiger partial charge in [0.25, 0.3) is 0 Å². The molecule has 2 aromatic carbocycles. The second-order valence-corrected chi connectivity index (χ2v) is 7.63. The van der Waals surface area contributed by atoms with Crippen LogP contribution in [-0.2, 0) is 4.79 Å². The monoisotopic (exact) mass is 369 g/mol. The van der Waals surface area contributed by atoms with Crippen molar-refractivity contribution in [1.29, 1.82) is 0 Å². The zero-order valence-electron chi connectivity index (χ0n) is 15.1. The Kier molecular flexibility index (Phi) is 7.40. The van der Waals surface area contributed by atoms with Crippen molar-refractivity contribution in [2.75, 3.05) is 49.9 Å². The zero-order chi connectivity index (χ0) is 18.0. The molecular formula is C21H27N3OS. The highest BCUT2D eigenvalue weighted by atomic mass is 32.2. The van der Waals surface area contributed by atoms with E-state index in [1.54, 1.807) is 0 Å². The van der Waals surface area contributed by atoms with Crippen LogP contribution in [0.15, 0.2) is 65.6 Å². The van der Waals surface area contributed by atoms with E-state index >= 15 is 0 Å². The summed E-state index contributed by atoms with van der Waals surface area (Å²) in [5.74, 6) is 1.17. The van der Waals surface area contributed by atoms with Gasteiger partial charge in [0.1, 0.15) is 0 Å². The van der Waals surface area contributed by atoms with Crippen molar-refractivity contribution in [3.8, 4) is 0 Å². The molecule has 1 heterocycles.